The number of aliphatic carboxylic acids is 1. The number of methoxy groups -OCH3 is 1. The topological polar surface area (TPSA) is 278 Å². The van der Waals surface area contributed by atoms with Crippen molar-refractivity contribution in [3.05, 3.63) is 41.6 Å². The van der Waals surface area contributed by atoms with E-state index in [1.807, 2.05) is 27.7 Å². The van der Waals surface area contributed by atoms with Crippen LogP contribution in [0.2, 0.25) is 0 Å². The van der Waals surface area contributed by atoms with Crippen molar-refractivity contribution in [3.63, 3.8) is 0 Å². The van der Waals surface area contributed by atoms with Gasteiger partial charge in [0, 0.05) is 43.5 Å². The molecule has 0 radical (unpaired) electrons. The van der Waals surface area contributed by atoms with Crippen molar-refractivity contribution in [2.75, 3.05) is 20.3 Å². The third-order valence-electron chi connectivity index (χ3n) is 14.0. The lowest BCUT2D eigenvalue weighted by molar-refractivity contribution is -0.145. The quantitative estimate of drug-likeness (QED) is 0.0408. The molecule has 4 aliphatic carbocycles. The molecule has 9 N–H and O–H groups in total. The molecule has 0 spiro atoms. The third kappa shape index (κ3) is 15.1. The summed E-state index contributed by atoms with van der Waals surface area (Å²) in [5, 5.41) is 38.0. The third-order valence-corrected chi connectivity index (χ3v) is 14.0. The van der Waals surface area contributed by atoms with E-state index >= 15 is 0 Å². The molecule has 4 saturated carbocycles. The van der Waals surface area contributed by atoms with Crippen LogP contribution in [0.25, 0.3) is 6.20 Å². The lowest BCUT2D eigenvalue weighted by Crippen LogP contribution is -2.54. The first-order chi connectivity index (χ1) is 32.5. The number of carboxylic acid groups (broad SMARTS) is 1. The number of rotatable bonds is 22. The lowest BCUT2D eigenvalue weighted by Gasteiger charge is -2.48. The number of nitrogens with one attached hydrogen (secondary N) is 6. The van der Waals surface area contributed by atoms with Gasteiger partial charge < -0.3 is 57.0 Å². The molecule has 69 heavy (non-hydrogen) atoms. The van der Waals surface area contributed by atoms with Crippen molar-refractivity contribution >= 4 is 48.1 Å². The van der Waals surface area contributed by atoms with Crippen LogP contribution in [0.1, 0.15) is 130 Å². The molecule has 5 unspecified atom stereocenters. The number of aromatic nitrogens is 2. The molecule has 5 atom stereocenters. The molecule has 19 heteroatoms. The molecule has 4 bridgehead atoms. The highest BCUT2D eigenvalue weighted by Gasteiger charge is 2.47. The number of nitrogens with zero attached hydrogens (tertiary/aromatic N) is 2. The maximum absolute atomic E-state index is 14.1. The van der Waals surface area contributed by atoms with Crippen LogP contribution in [0.4, 0.5) is 4.79 Å². The van der Waals surface area contributed by atoms with Crippen LogP contribution in [-0.4, -0.2) is 100 Å². The van der Waals surface area contributed by atoms with Crippen molar-refractivity contribution in [1.82, 2.24) is 36.4 Å². The summed E-state index contributed by atoms with van der Waals surface area (Å²) < 4.78 is 18.8. The van der Waals surface area contributed by atoms with Crippen LogP contribution >= 0.6 is 0 Å². The summed E-state index contributed by atoms with van der Waals surface area (Å²) in [6.45, 7) is 15.1. The summed E-state index contributed by atoms with van der Waals surface area (Å²) in [5.41, 5.74) is 4.42. The maximum atomic E-state index is 14.1. The van der Waals surface area contributed by atoms with Crippen LogP contribution in [0.5, 0.6) is 5.88 Å². The van der Waals surface area contributed by atoms with E-state index in [4.69, 9.17) is 25.4 Å². The predicted octanol–water partition coefficient (Wildman–Crippen LogP) is 5.48. The number of fused-ring (bicyclic) bond motifs is 4. The zero-order valence-electron chi connectivity index (χ0n) is 41.9. The Morgan fingerprint density at radius 3 is 2.06 bits per heavy atom. The monoisotopic (exact) mass is 964 g/mol. The fourth-order valence-electron chi connectivity index (χ4n) is 11.0. The number of primary amides is 1. The van der Waals surface area contributed by atoms with Gasteiger partial charge in [-0.15, -0.1) is 0 Å². The van der Waals surface area contributed by atoms with Gasteiger partial charge in [-0.05, 0) is 139 Å². The van der Waals surface area contributed by atoms with Crippen molar-refractivity contribution in [2.45, 2.75) is 143 Å². The minimum atomic E-state index is -0.854. The maximum Gasteiger partial charge on any atom is 0.407 e. The number of nitrogens with two attached hydrogens (primary N) is 1. The van der Waals surface area contributed by atoms with Crippen molar-refractivity contribution < 1.29 is 48.1 Å². The number of amides is 5. The fraction of sp³-hybridized carbons (Fsp3) is 0.680. The molecule has 1 aromatic rings. The molecular weight excluding hydrogens is 887 g/mol. The highest BCUT2D eigenvalue weighted by molar-refractivity contribution is 6.11. The van der Waals surface area contributed by atoms with Gasteiger partial charge in [0.15, 0.2) is 0 Å². The van der Waals surface area contributed by atoms with E-state index in [1.54, 1.807) is 32.2 Å². The van der Waals surface area contributed by atoms with Gasteiger partial charge in [-0.3, -0.25) is 24.0 Å². The Balaban J connectivity index is 1.30. The van der Waals surface area contributed by atoms with Gasteiger partial charge in [0.2, 0.25) is 23.6 Å². The second-order valence-electron chi connectivity index (χ2n) is 21.5. The van der Waals surface area contributed by atoms with Gasteiger partial charge in [-0.2, -0.15) is 5.10 Å². The molecule has 0 aliphatic heterocycles. The van der Waals surface area contributed by atoms with E-state index in [1.165, 1.54) is 31.1 Å². The fourth-order valence-corrected chi connectivity index (χ4v) is 11.0. The Labute approximate surface area is 406 Å². The van der Waals surface area contributed by atoms with Crippen LogP contribution in [0, 0.1) is 58.7 Å². The van der Waals surface area contributed by atoms with Gasteiger partial charge in [0.1, 0.15) is 11.1 Å². The number of hydrogen-bond acceptors (Lipinski definition) is 12. The summed E-state index contributed by atoms with van der Waals surface area (Å²) in [7, 11) is 1.27. The summed E-state index contributed by atoms with van der Waals surface area (Å²) in [4.78, 5) is 76.5. The second kappa shape index (κ2) is 23.6. The van der Waals surface area contributed by atoms with Crippen molar-refractivity contribution in [2.24, 2.45) is 59.0 Å². The van der Waals surface area contributed by atoms with Crippen LogP contribution in [0.3, 0.4) is 0 Å². The largest absolute Gasteiger partial charge is 0.481 e. The van der Waals surface area contributed by atoms with E-state index in [9.17, 15) is 33.9 Å². The summed E-state index contributed by atoms with van der Waals surface area (Å²) >= 11 is 0. The smallest absolute Gasteiger partial charge is 0.407 e. The van der Waals surface area contributed by atoms with E-state index < -0.39 is 35.0 Å². The number of carboxylic acids is 1. The zero-order valence-corrected chi connectivity index (χ0v) is 41.9. The Bertz CT molecular complexity index is 2100. The Morgan fingerprint density at radius 2 is 1.49 bits per heavy atom. The number of carbonyl (C=O) groups excluding carboxylic acids is 5. The molecular formula is C50H77N9O10. The molecule has 0 aromatic carbocycles. The highest BCUT2D eigenvalue weighted by atomic mass is 16.5. The zero-order chi connectivity index (χ0) is 50.8. The minimum absolute atomic E-state index is 0.000301. The number of alkyl carbamates (subject to hydrolysis) is 1. The average Bonchev–Trinajstić information content (AvgIpc) is 3.66. The molecule has 4 fully saturated rings. The van der Waals surface area contributed by atoms with Crippen LogP contribution in [-0.2, 0) is 28.7 Å². The molecule has 0 saturated heterocycles. The van der Waals surface area contributed by atoms with E-state index in [2.05, 4.69) is 38.6 Å². The molecule has 5 rings (SSSR count). The first-order valence-corrected chi connectivity index (χ1v) is 24.5. The minimum Gasteiger partial charge on any atom is -0.481 e. The van der Waals surface area contributed by atoms with Gasteiger partial charge in [0.25, 0.3) is 11.8 Å². The van der Waals surface area contributed by atoms with Gasteiger partial charge in [0.05, 0.1) is 43.5 Å². The molecule has 1 heterocycles. The Hall–Kier alpha value is -5.88. The average molecular weight is 964 g/mol. The number of ether oxygens (including phenoxy) is 3. The van der Waals surface area contributed by atoms with Gasteiger partial charge in [-0.25, -0.2) is 9.48 Å². The van der Waals surface area contributed by atoms with Crippen molar-refractivity contribution in [3.8, 4) is 5.88 Å². The first-order valence-electron chi connectivity index (χ1n) is 24.5. The summed E-state index contributed by atoms with van der Waals surface area (Å²) in [6, 6.07) is -0.431. The molecule has 4 aliphatic rings. The van der Waals surface area contributed by atoms with E-state index in [0.29, 0.717) is 38.5 Å². The number of carbonyl (C=O) groups is 6. The van der Waals surface area contributed by atoms with E-state index in [-0.39, 0.29) is 113 Å². The van der Waals surface area contributed by atoms with Gasteiger partial charge in [-0.1, -0.05) is 27.2 Å². The highest BCUT2D eigenvalue weighted by Crippen LogP contribution is 2.47. The van der Waals surface area contributed by atoms with Crippen LogP contribution < -0.4 is 37.1 Å². The summed E-state index contributed by atoms with van der Waals surface area (Å²) in [6.07, 6.45) is 15.5. The number of hydrogen-bond donors (Lipinski definition) is 8. The summed E-state index contributed by atoms with van der Waals surface area (Å²) in [5.74, 6) is -2.28. The van der Waals surface area contributed by atoms with E-state index in [0.717, 1.165) is 31.9 Å². The Kier molecular flexibility index (Phi) is 18.5. The molecule has 382 valence electrons. The lowest BCUT2D eigenvalue weighted by atomic mass is 9.60. The van der Waals surface area contributed by atoms with Gasteiger partial charge >= 0.3 is 12.1 Å². The predicted molar refractivity (Wildman–Crippen MR) is 259 cm³/mol. The van der Waals surface area contributed by atoms with Crippen LogP contribution in [0.15, 0.2) is 36.0 Å². The van der Waals surface area contributed by atoms with Crippen molar-refractivity contribution in [1.29, 1.82) is 5.41 Å². The molecule has 5 amide bonds. The normalized spacial score (nSPS) is 26.6. The SMILES string of the molecule is COC(=O)NC(C)(C)/C=C/N/C(OCC(C)C)=C(\C=N)C(=O)NC1C2CC(CC(C)COc3c(C(=O)NC4C5CCCC4CC(C(N)=O)C5)cnn3/C=C/C(C)(C)NC(C)=O)CC1CC(C(=O)O)C2. The standard InChI is InChI=1S/C50H77N9O10/c1-28(2)26-68-45(53-15-13-49(5,6)58-48(66)67-9)38(24-51)43(62)56-41-34-18-31(19-35(41)23-37(22-34)47(64)65)17-29(3)27-69-46-39(25-54-59(46)16-14-50(7,8)57-30(4)60)44(63)55-40-32-11-10-12-33(40)21-36(20-32)42(52)61/h13-16,24-25,28-29,31-37,40-41,51,53H,10-12,17-23,26-27H2,1-9H3,(H2,52,61)(H,55,63)(H,56,62)(H,57,60)(H,58,66)(H,64,65)/b15-13+,16-14+,45-38-,51-24?. The molecule has 19 nitrogen and oxygen atoms in total. The molecule has 1 aromatic heterocycles. The Morgan fingerprint density at radius 1 is 0.884 bits per heavy atom. The first kappa shape index (κ1) is 54.1. The second-order valence-corrected chi connectivity index (χ2v) is 21.5.